The zero-order valence-electron chi connectivity index (χ0n) is 11.2. The quantitative estimate of drug-likeness (QED) is 0.569. The number of unbranched alkanes of at least 4 members (excludes halogenated alkanes) is 2. The van der Waals surface area contributed by atoms with E-state index in [0.717, 1.165) is 30.7 Å². The molecule has 1 rings (SSSR count). The molecule has 0 unspecified atom stereocenters. The lowest BCUT2D eigenvalue weighted by Crippen LogP contribution is -2.26. The summed E-state index contributed by atoms with van der Waals surface area (Å²) in [5.41, 5.74) is 4.36. The molecule has 0 aliphatic carbocycles. The SMILES string of the molecule is CSCCCCCNS(=O)(=O)c1ccc(F)c(N)c1F. The van der Waals surface area contributed by atoms with Crippen LogP contribution in [0.3, 0.4) is 0 Å². The normalized spacial score (nSPS) is 11.8. The van der Waals surface area contributed by atoms with Crippen molar-refractivity contribution >= 4 is 27.5 Å². The van der Waals surface area contributed by atoms with Crippen LogP contribution < -0.4 is 10.5 Å². The Morgan fingerprint density at radius 1 is 1.25 bits per heavy atom. The molecule has 0 radical (unpaired) electrons. The van der Waals surface area contributed by atoms with Crippen LogP contribution in [0.15, 0.2) is 17.0 Å². The fourth-order valence-electron chi connectivity index (χ4n) is 1.59. The predicted octanol–water partition coefficient (Wildman–Crippen LogP) is 2.36. The summed E-state index contributed by atoms with van der Waals surface area (Å²) in [6.07, 6.45) is 4.56. The van der Waals surface area contributed by atoms with E-state index in [2.05, 4.69) is 4.72 Å². The van der Waals surface area contributed by atoms with Gasteiger partial charge in [-0.1, -0.05) is 6.42 Å². The van der Waals surface area contributed by atoms with Crippen LogP contribution in [0.5, 0.6) is 0 Å². The van der Waals surface area contributed by atoms with Gasteiger partial charge in [0.15, 0.2) is 5.82 Å². The number of halogens is 2. The van der Waals surface area contributed by atoms with Gasteiger partial charge in [-0.25, -0.2) is 21.9 Å². The number of sulfonamides is 1. The summed E-state index contributed by atoms with van der Waals surface area (Å²) < 4.78 is 52.7. The van der Waals surface area contributed by atoms with Crippen molar-refractivity contribution in [3.05, 3.63) is 23.8 Å². The van der Waals surface area contributed by atoms with Crippen LogP contribution in [-0.4, -0.2) is 27.0 Å². The van der Waals surface area contributed by atoms with Gasteiger partial charge in [0.05, 0.1) is 0 Å². The first-order valence-electron chi connectivity index (χ1n) is 6.12. The van der Waals surface area contributed by atoms with Crippen molar-refractivity contribution in [1.82, 2.24) is 4.72 Å². The van der Waals surface area contributed by atoms with Crippen LogP contribution in [0, 0.1) is 11.6 Å². The molecule has 0 saturated heterocycles. The van der Waals surface area contributed by atoms with E-state index in [0.29, 0.717) is 6.42 Å². The van der Waals surface area contributed by atoms with Crippen molar-refractivity contribution < 1.29 is 17.2 Å². The summed E-state index contributed by atoms with van der Waals surface area (Å²) in [7, 11) is -4.00. The van der Waals surface area contributed by atoms with Crippen LogP contribution in [0.2, 0.25) is 0 Å². The first kappa shape index (κ1) is 17.2. The monoisotopic (exact) mass is 324 g/mol. The van der Waals surface area contributed by atoms with Gasteiger partial charge in [-0.3, -0.25) is 0 Å². The summed E-state index contributed by atoms with van der Waals surface area (Å²) in [5.74, 6) is -1.20. The highest BCUT2D eigenvalue weighted by atomic mass is 32.2. The maximum Gasteiger partial charge on any atom is 0.243 e. The molecule has 114 valence electrons. The second-order valence-electron chi connectivity index (χ2n) is 4.22. The second-order valence-corrected chi connectivity index (χ2v) is 6.95. The third kappa shape index (κ3) is 4.60. The number of benzene rings is 1. The topological polar surface area (TPSA) is 72.2 Å². The molecule has 1 aromatic carbocycles. The Morgan fingerprint density at radius 2 is 1.95 bits per heavy atom. The molecule has 0 aromatic heterocycles. The Labute approximate surface area is 122 Å². The number of nitrogens with two attached hydrogens (primary N) is 1. The van der Waals surface area contributed by atoms with E-state index in [1.807, 2.05) is 6.26 Å². The van der Waals surface area contributed by atoms with E-state index < -0.39 is 32.2 Å². The molecule has 0 saturated carbocycles. The van der Waals surface area contributed by atoms with Crippen LogP contribution in [0.4, 0.5) is 14.5 Å². The number of hydrogen-bond donors (Lipinski definition) is 2. The Balaban J connectivity index is 2.63. The number of thioether (sulfide) groups is 1. The molecule has 0 aliphatic heterocycles. The van der Waals surface area contributed by atoms with Gasteiger partial charge in [-0.05, 0) is 37.0 Å². The number of hydrogen-bond acceptors (Lipinski definition) is 4. The van der Waals surface area contributed by atoms with Gasteiger partial charge < -0.3 is 5.73 Å². The highest BCUT2D eigenvalue weighted by Gasteiger charge is 2.21. The number of anilines is 1. The lowest BCUT2D eigenvalue weighted by molar-refractivity contribution is 0.546. The van der Waals surface area contributed by atoms with E-state index in [4.69, 9.17) is 5.73 Å². The van der Waals surface area contributed by atoms with Crippen LogP contribution in [-0.2, 0) is 10.0 Å². The van der Waals surface area contributed by atoms with E-state index in [-0.39, 0.29) is 6.54 Å². The van der Waals surface area contributed by atoms with Gasteiger partial charge in [0.25, 0.3) is 0 Å². The third-order valence-electron chi connectivity index (χ3n) is 2.70. The largest absolute Gasteiger partial charge is 0.394 e. The summed E-state index contributed by atoms with van der Waals surface area (Å²) in [6.45, 7) is 0.216. The highest BCUT2D eigenvalue weighted by molar-refractivity contribution is 7.98. The van der Waals surface area contributed by atoms with E-state index in [1.54, 1.807) is 11.8 Å². The summed E-state index contributed by atoms with van der Waals surface area (Å²) in [5, 5.41) is 0. The minimum absolute atomic E-state index is 0.216. The summed E-state index contributed by atoms with van der Waals surface area (Å²) in [6, 6.07) is 1.71. The van der Waals surface area contributed by atoms with Crippen molar-refractivity contribution in [2.24, 2.45) is 0 Å². The van der Waals surface area contributed by atoms with Crippen molar-refractivity contribution in [3.8, 4) is 0 Å². The number of rotatable bonds is 8. The molecule has 0 atom stereocenters. The lowest BCUT2D eigenvalue weighted by atomic mass is 10.2. The number of nitrogens with one attached hydrogen (secondary N) is 1. The average molecular weight is 324 g/mol. The van der Waals surface area contributed by atoms with Crippen molar-refractivity contribution in [2.45, 2.75) is 24.2 Å². The molecule has 8 heteroatoms. The molecule has 0 spiro atoms. The second kappa shape index (κ2) is 7.80. The molecule has 4 nitrogen and oxygen atoms in total. The van der Waals surface area contributed by atoms with E-state index in [1.165, 1.54) is 0 Å². The zero-order valence-corrected chi connectivity index (χ0v) is 12.8. The van der Waals surface area contributed by atoms with Gasteiger partial charge in [0.1, 0.15) is 16.4 Å². The molecule has 1 aromatic rings. The Morgan fingerprint density at radius 3 is 2.60 bits per heavy atom. The molecule has 0 amide bonds. The molecular formula is C12H18F2N2O2S2. The Kier molecular flexibility index (Phi) is 6.70. The van der Waals surface area contributed by atoms with E-state index >= 15 is 0 Å². The summed E-state index contributed by atoms with van der Waals surface area (Å²) >= 11 is 1.73. The minimum Gasteiger partial charge on any atom is -0.394 e. The van der Waals surface area contributed by atoms with Gasteiger partial charge in [-0.2, -0.15) is 11.8 Å². The minimum atomic E-state index is -4.00. The van der Waals surface area contributed by atoms with Crippen molar-refractivity contribution in [1.29, 1.82) is 0 Å². The Hall–Kier alpha value is -0.860. The fraction of sp³-hybridized carbons (Fsp3) is 0.500. The first-order chi connectivity index (χ1) is 9.40. The molecule has 0 aliphatic rings. The molecule has 0 bridgehead atoms. The van der Waals surface area contributed by atoms with E-state index in [9.17, 15) is 17.2 Å². The zero-order chi connectivity index (χ0) is 15.2. The molecular weight excluding hydrogens is 306 g/mol. The Bertz CT molecular complexity index is 551. The molecule has 0 fully saturated rings. The maximum absolute atomic E-state index is 13.6. The molecule has 20 heavy (non-hydrogen) atoms. The fourth-order valence-corrected chi connectivity index (χ4v) is 3.24. The van der Waals surface area contributed by atoms with Gasteiger partial charge in [0, 0.05) is 6.54 Å². The van der Waals surface area contributed by atoms with Crippen molar-refractivity contribution in [2.75, 3.05) is 24.3 Å². The lowest BCUT2D eigenvalue weighted by Gasteiger charge is -2.09. The molecule has 0 heterocycles. The third-order valence-corrected chi connectivity index (χ3v) is 4.87. The molecule has 3 N–H and O–H groups in total. The average Bonchev–Trinajstić information content (AvgIpc) is 2.39. The van der Waals surface area contributed by atoms with Crippen LogP contribution >= 0.6 is 11.8 Å². The highest BCUT2D eigenvalue weighted by Crippen LogP contribution is 2.22. The number of nitrogen functional groups attached to an aromatic ring is 1. The van der Waals surface area contributed by atoms with Crippen molar-refractivity contribution in [3.63, 3.8) is 0 Å². The smallest absolute Gasteiger partial charge is 0.243 e. The predicted molar refractivity (Wildman–Crippen MR) is 78.2 cm³/mol. The van der Waals surface area contributed by atoms with Gasteiger partial charge in [-0.15, -0.1) is 0 Å². The van der Waals surface area contributed by atoms with Gasteiger partial charge >= 0.3 is 0 Å². The van der Waals surface area contributed by atoms with Crippen LogP contribution in [0.25, 0.3) is 0 Å². The van der Waals surface area contributed by atoms with Gasteiger partial charge in [0.2, 0.25) is 10.0 Å². The first-order valence-corrected chi connectivity index (χ1v) is 9.00. The van der Waals surface area contributed by atoms with Crippen LogP contribution in [0.1, 0.15) is 19.3 Å². The summed E-state index contributed by atoms with van der Waals surface area (Å²) in [4.78, 5) is -0.625. The maximum atomic E-state index is 13.6. The standard InChI is InChI=1S/C12H18F2N2O2S2/c1-19-8-4-2-3-7-16-20(17,18)10-6-5-9(13)12(15)11(10)14/h5-6,16H,2-4,7-8,15H2,1H3.